The molecule has 0 saturated carbocycles. The molecule has 0 spiro atoms. The fraction of sp³-hybridized carbons (Fsp3) is 0.276. The lowest BCUT2D eigenvalue weighted by molar-refractivity contribution is 0.354. The van der Waals surface area contributed by atoms with E-state index in [1.54, 1.807) is 20.4 Å². The van der Waals surface area contributed by atoms with Crippen molar-refractivity contribution in [3.05, 3.63) is 99.6 Å². The number of nitrogens with one attached hydrogen (secondary N) is 2. The molecule has 0 atom stereocenters. The number of thiocarbonyl (C=S) groups is 1. The third-order valence-electron chi connectivity index (χ3n) is 6.28. The second-order valence-corrected chi connectivity index (χ2v) is 9.17. The molecule has 2 N–H and O–H groups in total. The lowest BCUT2D eigenvalue weighted by Gasteiger charge is -2.26. The van der Waals surface area contributed by atoms with Crippen molar-refractivity contribution in [3.8, 4) is 11.5 Å². The Kier molecular flexibility index (Phi) is 8.74. The summed E-state index contributed by atoms with van der Waals surface area (Å²) in [4.78, 5) is 22.2. The number of methoxy groups -OCH3 is 2. The largest absolute Gasteiger partial charge is 0.493 e. The molecule has 4 aromatic rings. The molecule has 37 heavy (non-hydrogen) atoms. The van der Waals surface area contributed by atoms with Crippen LogP contribution in [0.2, 0.25) is 0 Å². The van der Waals surface area contributed by atoms with Crippen LogP contribution in [-0.2, 0) is 25.9 Å². The highest BCUT2D eigenvalue weighted by Crippen LogP contribution is 2.27. The molecule has 2 aromatic carbocycles. The second kappa shape index (κ2) is 12.4. The zero-order chi connectivity index (χ0) is 26.2. The van der Waals surface area contributed by atoms with Gasteiger partial charge in [0, 0.05) is 36.6 Å². The summed E-state index contributed by atoms with van der Waals surface area (Å²) >= 11 is 5.79. The number of H-pyrrole nitrogens is 1. The van der Waals surface area contributed by atoms with Gasteiger partial charge in [-0.3, -0.25) is 9.78 Å². The molecule has 0 unspecified atom stereocenters. The van der Waals surface area contributed by atoms with Crippen LogP contribution in [0, 0.1) is 0 Å². The van der Waals surface area contributed by atoms with Gasteiger partial charge in [-0.2, -0.15) is 0 Å². The first-order valence-electron chi connectivity index (χ1n) is 12.3. The van der Waals surface area contributed by atoms with Gasteiger partial charge in [-0.25, -0.2) is 0 Å². The van der Waals surface area contributed by atoms with E-state index in [0.29, 0.717) is 41.8 Å². The summed E-state index contributed by atoms with van der Waals surface area (Å²) in [5.74, 6) is 1.39. The standard InChI is InChI=1S/C29H32N4O3S/c1-4-20-7-9-25-23(14-20)16-24(28(34)32-25)19-33(18-22-6-5-12-30-17-22)29(37)31-13-11-21-8-10-26(35-2)27(15-21)36-3/h5-10,12,14-17H,4,11,13,18-19H2,1-3H3,(H,31,37)(H,32,34). The van der Waals surface area contributed by atoms with Gasteiger partial charge < -0.3 is 24.7 Å². The van der Waals surface area contributed by atoms with E-state index in [1.807, 2.05) is 59.6 Å². The molecule has 0 radical (unpaired) electrons. The molecule has 0 amide bonds. The van der Waals surface area contributed by atoms with Crippen molar-refractivity contribution >= 4 is 28.2 Å². The molecule has 2 aromatic heterocycles. The molecule has 0 aliphatic carbocycles. The van der Waals surface area contributed by atoms with Crippen LogP contribution in [0.5, 0.6) is 11.5 Å². The van der Waals surface area contributed by atoms with Gasteiger partial charge in [-0.05, 0) is 83.5 Å². The maximum absolute atomic E-state index is 12.9. The van der Waals surface area contributed by atoms with E-state index in [0.717, 1.165) is 34.9 Å². The number of pyridine rings is 2. The Balaban J connectivity index is 1.51. The Hall–Kier alpha value is -3.91. The lowest BCUT2D eigenvalue weighted by Crippen LogP contribution is -2.40. The predicted molar refractivity (Wildman–Crippen MR) is 151 cm³/mol. The number of aryl methyl sites for hydroxylation is 1. The molecule has 7 nitrogen and oxygen atoms in total. The van der Waals surface area contributed by atoms with Crippen molar-refractivity contribution in [2.75, 3.05) is 20.8 Å². The first-order chi connectivity index (χ1) is 18.0. The van der Waals surface area contributed by atoms with Crippen LogP contribution in [0.25, 0.3) is 10.9 Å². The molecule has 0 aliphatic rings. The second-order valence-electron chi connectivity index (χ2n) is 8.79. The SMILES string of the molecule is CCc1ccc2[nH]c(=O)c(CN(Cc3cccnc3)C(=S)NCCc3ccc(OC)c(OC)c3)cc2c1. The molecule has 0 fully saturated rings. The van der Waals surface area contributed by atoms with Gasteiger partial charge in [-0.1, -0.05) is 25.1 Å². The first kappa shape index (κ1) is 26.2. The van der Waals surface area contributed by atoms with E-state index in [1.165, 1.54) is 5.56 Å². The molecule has 2 heterocycles. The zero-order valence-corrected chi connectivity index (χ0v) is 22.2. The predicted octanol–water partition coefficient (Wildman–Crippen LogP) is 4.62. The normalized spacial score (nSPS) is 10.8. The van der Waals surface area contributed by atoms with Crippen molar-refractivity contribution in [1.82, 2.24) is 20.2 Å². The summed E-state index contributed by atoms with van der Waals surface area (Å²) in [6, 6.07) is 17.9. The first-order valence-corrected chi connectivity index (χ1v) is 12.7. The van der Waals surface area contributed by atoms with Gasteiger partial charge in [0.2, 0.25) is 0 Å². The number of nitrogens with zero attached hydrogens (tertiary/aromatic N) is 2. The summed E-state index contributed by atoms with van der Waals surface area (Å²) in [7, 11) is 3.25. The van der Waals surface area contributed by atoms with Crippen molar-refractivity contribution in [2.45, 2.75) is 32.9 Å². The van der Waals surface area contributed by atoms with E-state index in [2.05, 4.69) is 28.3 Å². The van der Waals surface area contributed by atoms with Crippen molar-refractivity contribution < 1.29 is 9.47 Å². The van der Waals surface area contributed by atoms with E-state index >= 15 is 0 Å². The minimum Gasteiger partial charge on any atom is -0.493 e. The number of benzene rings is 2. The Morgan fingerprint density at radius 1 is 1.00 bits per heavy atom. The minimum absolute atomic E-state index is 0.110. The van der Waals surface area contributed by atoms with Crippen molar-refractivity contribution in [2.24, 2.45) is 0 Å². The monoisotopic (exact) mass is 516 g/mol. The van der Waals surface area contributed by atoms with E-state index in [4.69, 9.17) is 21.7 Å². The van der Waals surface area contributed by atoms with E-state index in [9.17, 15) is 4.79 Å². The molecular weight excluding hydrogens is 484 g/mol. The van der Waals surface area contributed by atoms with Crippen LogP contribution in [0.15, 0.2) is 71.8 Å². The summed E-state index contributed by atoms with van der Waals surface area (Å²) < 4.78 is 10.7. The highest BCUT2D eigenvalue weighted by atomic mass is 32.1. The Morgan fingerprint density at radius 2 is 1.81 bits per heavy atom. The average Bonchev–Trinajstić information content (AvgIpc) is 2.93. The maximum atomic E-state index is 12.9. The van der Waals surface area contributed by atoms with Gasteiger partial charge in [0.15, 0.2) is 16.6 Å². The Morgan fingerprint density at radius 3 is 2.54 bits per heavy atom. The van der Waals surface area contributed by atoms with Gasteiger partial charge in [0.1, 0.15) is 0 Å². The van der Waals surface area contributed by atoms with Crippen LogP contribution >= 0.6 is 12.2 Å². The van der Waals surface area contributed by atoms with Gasteiger partial charge in [0.25, 0.3) is 5.56 Å². The quantitative estimate of drug-likeness (QED) is 0.298. The maximum Gasteiger partial charge on any atom is 0.253 e. The molecule has 0 bridgehead atoms. The summed E-state index contributed by atoms with van der Waals surface area (Å²) in [6.07, 6.45) is 5.24. The lowest BCUT2D eigenvalue weighted by atomic mass is 10.1. The number of rotatable bonds is 10. The third kappa shape index (κ3) is 6.65. The fourth-order valence-electron chi connectivity index (χ4n) is 4.22. The number of hydrogen-bond donors (Lipinski definition) is 2. The van der Waals surface area contributed by atoms with Crippen LogP contribution < -0.4 is 20.3 Å². The Labute approximate surface area is 222 Å². The average molecular weight is 517 g/mol. The highest BCUT2D eigenvalue weighted by molar-refractivity contribution is 7.80. The molecule has 192 valence electrons. The number of aromatic nitrogens is 2. The number of aromatic amines is 1. The van der Waals surface area contributed by atoms with Crippen LogP contribution in [0.3, 0.4) is 0 Å². The summed E-state index contributed by atoms with van der Waals surface area (Å²) in [6.45, 7) is 3.66. The van der Waals surface area contributed by atoms with Crippen molar-refractivity contribution in [3.63, 3.8) is 0 Å². The highest BCUT2D eigenvalue weighted by Gasteiger charge is 2.15. The Bertz CT molecular complexity index is 1420. The van der Waals surface area contributed by atoms with Gasteiger partial charge in [-0.15, -0.1) is 0 Å². The van der Waals surface area contributed by atoms with Gasteiger partial charge in [0.05, 0.1) is 20.8 Å². The van der Waals surface area contributed by atoms with Gasteiger partial charge >= 0.3 is 0 Å². The number of ether oxygens (including phenoxy) is 2. The molecule has 0 saturated heterocycles. The number of fused-ring (bicyclic) bond motifs is 1. The number of hydrogen-bond acceptors (Lipinski definition) is 5. The summed E-state index contributed by atoms with van der Waals surface area (Å²) in [5.41, 5.74) is 4.72. The van der Waals surface area contributed by atoms with Crippen LogP contribution in [0.1, 0.15) is 29.2 Å². The van der Waals surface area contributed by atoms with Crippen LogP contribution in [-0.4, -0.2) is 40.7 Å². The topological polar surface area (TPSA) is 79.5 Å². The van der Waals surface area contributed by atoms with E-state index < -0.39 is 0 Å². The zero-order valence-electron chi connectivity index (χ0n) is 21.4. The van der Waals surface area contributed by atoms with E-state index in [-0.39, 0.29) is 5.56 Å². The smallest absolute Gasteiger partial charge is 0.253 e. The van der Waals surface area contributed by atoms with Crippen molar-refractivity contribution in [1.29, 1.82) is 0 Å². The van der Waals surface area contributed by atoms with Crippen LogP contribution in [0.4, 0.5) is 0 Å². The third-order valence-corrected chi connectivity index (χ3v) is 6.68. The molecule has 8 heteroatoms. The molecular formula is C29H32N4O3S. The summed E-state index contributed by atoms with van der Waals surface area (Å²) in [5, 5.41) is 4.96. The minimum atomic E-state index is -0.110. The fourth-order valence-corrected chi connectivity index (χ4v) is 4.45. The molecule has 4 rings (SSSR count). The molecule has 0 aliphatic heterocycles.